The monoisotopic (exact) mass is 186 g/mol. The molecule has 0 spiro atoms. The lowest BCUT2D eigenvalue weighted by molar-refractivity contribution is -0.139. The van der Waals surface area contributed by atoms with Crippen molar-refractivity contribution in [1.82, 2.24) is 10.2 Å². The van der Waals surface area contributed by atoms with Crippen LogP contribution >= 0.6 is 0 Å². The van der Waals surface area contributed by atoms with Gasteiger partial charge in [-0.05, 0) is 0 Å². The van der Waals surface area contributed by atoms with Crippen LogP contribution in [-0.4, -0.2) is 41.0 Å². The highest BCUT2D eigenvalue weighted by Gasteiger charge is 2.29. The van der Waals surface area contributed by atoms with Crippen LogP contribution in [0.5, 0.6) is 0 Å². The van der Waals surface area contributed by atoms with E-state index in [1.54, 1.807) is 6.92 Å². The van der Waals surface area contributed by atoms with Crippen molar-refractivity contribution in [3.8, 4) is 0 Å². The average Bonchev–Trinajstić information content (AvgIpc) is 1.99. The maximum absolute atomic E-state index is 11.0. The van der Waals surface area contributed by atoms with Crippen LogP contribution in [0.2, 0.25) is 0 Å². The van der Waals surface area contributed by atoms with E-state index in [1.807, 2.05) is 0 Å². The molecule has 6 nitrogen and oxygen atoms in total. The van der Waals surface area contributed by atoms with Gasteiger partial charge in [0.15, 0.2) is 0 Å². The quantitative estimate of drug-likeness (QED) is 0.594. The third-order valence-electron chi connectivity index (χ3n) is 1.79. The lowest BCUT2D eigenvalue weighted by Crippen LogP contribution is -2.54. The summed E-state index contributed by atoms with van der Waals surface area (Å²) in [7, 11) is 0. The predicted octanol–water partition coefficient (Wildman–Crippen LogP) is -0.741. The number of carbonyl (C=O) groups excluding carboxylic acids is 2. The SMILES string of the molecule is CC1CN(CC(=O)O)C(=O)NC1=O. The Kier molecular flexibility index (Phi) is 2.50. The Morgan fingerprint density at radius 2 is 2.31 bits per heavy atom. The molecule has 3 amide bonds. The standard InChI is InChI=1S/C7H10N2O4/c1-4-2-9(3-5(10)11)7(13)8-6(4)12/h4H,2-3H2,1H3,(H,10,11)(H,8,12,13). The molecule has 72 valence electrons. The molecule has 0 saturated carbocycles. The molecule has 1 atom stereocenters. The Bertz CT molecular complexity index is 263. The molecular weight excluding hydrogens is 176 g/mol. The van der Waals surface area contributed by atoms with Gasteiger partial charge in [0.25, 0.3) is 0 Å². The topological polar surface area (TPSA) is 86.7 Å². The number of carboxylic acid groups (broad SMARTS) is 1. The van der Waals surface area contributed by atoms with Gasteiger partial charge in [0.05, 0.1) is 5.92 Å². The van der Waals surface area contributed by atoms with Crippen LogP contribution in [0.3, 0.4) is 0 Å². The number of hydrogen-bond acceptors (Lipinski definition) is 3. The average molecular weight is 186 g/mol. The maximum atomic E-state index is 11.0. The molecule has 6 heteroatoms. The number of urea groups is 1. The molecule has 1 saturated heterocycles. The van der Waals surface area contributed by atoms with Crippen LogP contribution in [-0.2, 0) is 9.59 Å². The Hall–Kier alpha value is -1.59. The summed E-state index contributed by atoms with van der Waals surface area (Å²) in [5.74, 6) is -1.79. The molecule has 0 radical (unpaired) electrons. The number of imide groups is 1. The predicted molar refractivity (Wildman–Crippen MR) is 41.9 cm³/mol. The molecule has 1 aliphatic rings. The lowest BCUT2D eigenvalue weighted by Gasteiger charge is -2.28. The molecule has 0 aromatic rings. The first-order valence-electron chi connectivity index (χ1n) is 3.82. The largest absolute Gasteiger partial charge is 0.480 e. The normalized spacial score (nSPS) is 22.8. The number of carboxylic acids is 1. The number of nitrogens with zero attached hydrogens (tertiary/aromatic N) is 1. The van der Waals surface area contributed by atoms with Crippen molar-refractivity contribution in [2.45, 2.75) is 6.92 Å². The molecule has 1 fully saturated rings. The highest BCUT2D eigenvalue weighted by atomic mass is 16.4. The van der Waals surface area contributed by atoms with E-state index in [9.17, 15) is 14.4 Å². The molecule has 1 heterocycles. The van der Waals surface area contributed by atoms with Crippen LogP contribution in [0.1, 0.15) is 6.92 Å². The molecule has 1 rings (SSSR count). The van der Waals surface area contributed by atoms with Crippen molar-refractivity contribution in [3.63, 3.8) is 0 Å². The number of carbonyl (C=O) groups is 3. The summed E-state index contributed by atoms with van der Waals surface area (Å²) in [6.45, 7) is 1.43. The third kappa shape index (κ3) is 2.17. The molecule has 0 aromatic carbocycles. The van der Waals surface area contributed by atoms with Gasteiger partial charge in [-0.3, -0.25) is 14.9 Å². The van der Waals surface area contributed by atoms with Gasteiger partial charge in [0.2, 0.25) is 5.91 Å². The van der Waals surface area contributed by atoms with Crippen LogP contribution < -0.4 is 5.32 Å². The zero-order valence-corrected chi connectivity index (χ0v) is 7.11. The highest BCUT2D eigenvalue weighted by Crippen LogP contribution is 2.06. The first-order valence-corrected chi connectivity index (χ1v) is 3.82. The maximum Gasteiger partial charge on any atom is 0.324 e. The fourth-order valence-electron chi connectivity index (χ4n) is 1.10. The number of nitrogens with one attached hydrogen (secondary N) is 1. The van der Waals surface area contributed by atoms with E-state index < -0.39 is 12.0 Å². The molecule has 1 aliphatic heterocycles. The Labute approximate surface area is 74.5 Å². The van der Waals surface area contributed by atoms with E-state index in [0.29, 0.717) is 0 Å². The van der Waals surface area contributed by atoms with E-state index in [4.69, 9.17) is 5.11 Å². The van der Waals surface area contributed by atoms with Gasteiger partial charge in [-0.2, -0.15) is 0 Å². The molecule has 0 bridgehead atoms. The van der Waals surface area contributed by atoms with Gasteiger partial charge in [-0.15, -0.1) is 0 Å². The molecule has 0 aliphatic carbocycles. The van der Waals surface area contributed by atoms with E-state index in [0.717, 1.165) is 4.90 Å². The molecule has 1 unspecified atom stereocenters. The van der Waals surface area contributed by atoms with E-state index >= 15 is 0 Å². The van der Waals surface area contributed by atoms with Gasteiger partial charge >= 0.3 is 12.0 Å². The number of aliphatic carboxylic acids is 1. The summed E-state index contributed by atoms with van der Waals surface area (Å²) in [5, 5.41) is 10.5. The summed E-state index contributed by atoms with van der Waals surface area (Å²) in [6, 6.07) is -0.634. The van der Waals surface area contributed by atoms with Crippen molar-refractivity contribution in [1.29, 1.82) is 0 Å². The van der Waals surface area contributed by atoms with Crippen molar-refractivity contribution in [3.05, 3.63) is 0 Å². The van der Waals surface area contributed by atoms with Gasteiger partial charge in [-0.25, -0.2) is 4.79 Å². The fourth-order valence-corrected chi connectivity index (χ4v) is 1.10. The third-order valence-corrected chi connectivity index (χ3v) is 1.79. The van der Waals surface area contributed by atoms with Crippen LogP contribution in [0, 0.1) is 5.92 Å². The first kappa shape index (κ1) is 9.50. The second-order valence-corrected chi connectivity index (χ2v) is 2.97. The van der Waals surface area contributed by atoms with E-state index in [-0.39, 0.29) is 24.9 Å². The van der Waals surface area contributed by atoms with Crippen LogP contribution in [0.4, 0.5) is 4.79 Å². The molecule has 0 aromatic heterocycles. The van der Waals surface area contributed by atoms with Crippen LogP contribution in [0.15, 0.2) is 0 Å². The minimum atomic E-state index is -1.09. The van der Waals surface area contributed by atoms with Crippen molar-refractivity contribution < 1.29 is 19.5 Å². The summed E-state index contributed by atoms with van der Waals surface area (Å²) < 4.78 is 0. The Morgan fingerprint density at radius 1 is 1.69 bits per heavy atom. The summed E-state index contributed by atoms with van der Waals surface area (Å²) in [5.41, 5.74) is 0. The van der Waals surface area contributed by atoms with Gasteiger partial charge in [0.1, 0.15) is 6.54 Å². The minimum Gasteiger partial charge on any atom is -0.480 e. The minimum absolute atomic E-state index is 0.164. The highest BCUT2D eigenvalue weighted by molar-refractivity contribution is 5.98. The molecule has 2 N–H and O–H groups in total. The van der Waals surface area contributed by atoms with E-state index in [2.05, 4.69) is 5.32 Å². The lowest BCUT2D eigenvalue weighted by atomic mass is 10.1. The van der Waals surface area contributed by atoms with Gasteiger partial charge in [0, 0.05) is 6.54 Å². The number of amides is 3. The van der Waals surface area contributed by atoms with Gasteiger partial charge < -0.3 is 10.0 Å². The summed E-state index contributed by atoms with van der Waals surface area (Å²) in [6.07, 6.45) is 0. The molecular formula is C7H10N2O4. The summed E-state index contributed by atoms with van der Waals surface area (Å²) in [4.78, 5) is 33.3. The fraction of sp³-hybridized carbons (Fsp3) is 0.571. The van der Waals surface area contributed by atoms with Gasteiger partial charge in [-0.1, -0.05) is 6.92 Å². The summed E-state index contributed by atoms with van der Waals surface area (Å²) >= 11 is 0. The Morgan fingerprint density at radius 3 is 2.85 bits per heavy atom. The smallest absolute Gasteiger partial charge is 0.324 e. The van der Waals surface area contributed by atoms with E-state index in [1.165, 1.54) is 0 Å². The van der Waals surface area contributed by atoms with Crippen molar-refractivity contribution in [2.75, 3.05) is 13.1 Å². The zero-order chi connectivity index (χ0) is 10.0. The second-order valence-electron chi connectivity index (χ2n) is 2.97. The second kappa shape index (κ2) is 3.42. The Balaban J connectivity index is 2.61. The molecule has 13 heavy (non-hydrogen) atoms. The first-order chi connectivity index (χ1) is 6.00. The number of rotatable bonds is 2. The zero-order valence-electron chi connectivity index (χ0n) is 7.11. The van der Waals surface area contributed by atoms with Crippen molar-refractivity contribution in [2.24, 2.45) is 5.92 Å². The van der Waals surface area contributed by atoms with Crippen molar-refractivity contribution >= 4 is 17.9 Å². The number of hydrogen-bond donors (Lipinski definition) is 2. The van der Waals surface area contributed by atoms with Crippen LogP contribution in [0.25, 0.3) is 0 Å².